The van der Waals surface area contributed by atoms with Gasteiger partial charge in [-0.2, -0.15) is 0 Å². The van der Waals surface area contributed by atoms with Gasteiger partial charge in [-0.1, -0.05) is 12.1 Å². The van der Waals surface area contributed by atoms with Crippen LogP contribution in [0.5, 0.6) is 5.75 Å². The monoisotopic (exact) mass is 342 g/mol. The van der Waals surface area contributed by atoms with Crippen molar-refractivity contribution in [2.75, 3.05) is 14.2 Å². The van der Waals surface area contributed by atoms with Crippen molar-refractivity contribution < 1.29 is 13.9 Å². The number of hydrogen-bond donors (Lipinski definition) is 0. The first-order valence-electron chi connectivity index (χ1n) is 7.23. The standard InChI is InChI=1S/C18H15FN2O2S/c1-21-17(22)16(11-12-3-9-15(23-2)10-4-12)24-18(21)20-14-7-5-13(19)6-8-14/h3-11H,1-2H3/b16-11-,20-18?. The van der Waals surface area contributed by atoms with Crippen molar-refractivity contribution in [2.24, 2.45) is 4.99 Å². The van der Waals surface area contributed by atoms with Crippen molar-refractivity contribution in [3.8, 4) is 5.75 Å². The Morgan fingerprint density at radius 2 is 1.79 bits per heavy atom. The average molecular weight is 342 g/mol. The number of halogens is 1. The molecule has 1 aliphatic heterocycles. The number of aliphatic imine (C=N–C) groups is 1. The summed E-state index contributed by atoms with van der Waals surface area (Å²) in [4.78, 5) is 18.8. The summed E-state index contributed by atoms with van der Waals surface area (Å²) in [6, 6.07) is 13.3. The molecule has 0 bridgehead atoms. The third-order valence-electron chi connectivity index (χ3n) is 3.47. The van der Waals surface area contributed by atoms with E-state index in [0.29, 0.717) is 15.8 Å². The van der Waals surface area contributed by atoms with Gasteiger partial charge in [0.1, 0.15) is 11.6 Å². The molecule has 1 aliphatic rings. The van der Waals surface area contributed by atoms with Crippen LogP contribution in [0.4, 0.5) is 10.1 Å². The van der Waals surface area contributed by atoms with Crippen molar-refractivity contribution in [3.05, 3.63) is 64.8 Å². The quantitative estimate of drug-likeness (QED) is 0.790. The lowest BCUT2D eigenvalue weighted by molar-refractivity contribution is -0.121. The molecular weight excluding hydrogens is 327 g/mol. The Kier molecular flexibility index (Phi) is 4.66. The molecule has 1 saturated heterocycles. The van der Waals surface area contributed by atoms with Gasteiger partial charge in [0.05, 0.1) is 17.7 Å². The summed E-state index contributed by atoms with van der Waals surface area (Å²) in [6.45, 7) is 0. The predicted molar refractivity (Wildman–Crippen MR) is 94.8 cm³/mol. The molecule has 3 rings (SSSR count). The molecule has 1 fully saturated rings. The third kappa shape index (κ3) is 3.49. The van der Waals surface area contributed by atoms with Crippen LogP contribution in [0.25, 0.3) is 6.08 Å². The van der Waals surface area contributed by atoms with Gasteiger partial charge in [-0.15, -0.1) is 0 Å². The van der Waals surface area contributed by atoms with Crippen LogP contribution in [-0.2, 0) is 4.79 Å². The van der Waals surface area contributed by atoms with E-state index in [-0.39, 0.29) is 11.7 Å². The Balaban J connectivity index is 1.85. The summed E-state index contributed by atoms with van der Waals surface area (Å²) in [5.74, 6) is 0.331. The third-order valence-corrected chi connectivity index (χ3v) is 4.53. The van der Waals surface area contributed by atoms with Gasteiger partial charge in [0.2, 0.25) is 0 Å². The molecule has 0 spiro atoms. The van der Waals surface area contributed by atoms with Gasteiger partial charge in [0.15, 0.2) is 5.17 Å². The van der Waals surface area contributed by atoms with Gasteiger partial charge in [-0.3, -0.25) is 9.69 Å². The van der Waals surface area contributed by atoms with Crippen molar-refractivity contribution in [1.29, 1.82) is 0 Å². The highest BCUT2D eigenvalue weighted by molar-refractivity contribution is 8.18. The minimum Gasteiger partial charge on any atom is -0.497 e. The molecule has 0 saturated carbocycles. The van der Waals surface area contributed by atoms with E-state index < -0.39 is 0 Å². The maximum absolute atomic E-state index is 13.0. The molecule has 122 valence electrons. The van der Waals surface area contributed by atoms with Gasteiger partial charge >= 0.3 is 0 Å². The fourth-order valence-corrected chi connectivity index (χ4v) is 3.12. The lowest BCUT2D eigenvalue weighted by Gasteiger charge is -2.06. The molecular formula is C18H15FN2O2S. The summed E-state index contributed by atoms with van der Waals surface area (Å²) in [7, 11) is 3.28. The first-order chi connectivity index (χ1) is 11.6. The first kappa shape index (κ1) is 16.3. The second-order valence-electron chi connectivity index (χ2n) is 5.12. The van der Waals surface area contributed by atoms with Gasteiger partial charge in [-0.05, 0) is 59.8 Å². The number of amidine groups is 1. The topological polar surface area (TPSA) is 41.9 Å². The lowest BCUT2D eigenvalue weighted by atomic mass is 10.2. The number of methoxy groups -OCH3 is 1. The minimum absolute atomic E-state index is 0.114. The first-order valence-corrected chi connectivity index (χ1v) is 8.04. The Hall–Kier alpha value is -2.60. The lowest BCUT2D eigenvalue weighted by Crippen LogP contribution is -2.23. The van der Waals surface area contributed by atoms with E-state index in [0.717, 1.165) is 11.3 Å². The fraction of sp³-hybridized carbons (Fsp3) is 0.111. The second kappa shape index (κ2) is 6.88. The van der Waals surface area contributed by atoms with E-state index in [1.807, 2.05) is 30.3 Å². The molecule has 0 radical (unpaired) electrons. The van der Waals surface area contributed by atoms with E-state index in [4.69, 9.17) is 4.74 Å². The van der Waals surface area contributed by atoms with Crippen molar-refractivity contribution in [3.63, 3.8) is 0 Å². The van der Waals surface area contributed by atoms with E-state index >= 15 is 0 Å². The van der Waals surface area contributed by atoms with Crippen LogP contribution < -0.4 is 4.74 Å². The Morgan fingerprint density at radius 1 is 1.12 bits per heavy atom. The second-order valence-corrected chi connectivity index (χ2v) is 6.13. The molecule has 0 aromatic heterocycles. The highest BCUT2D eigenvalue weighted by atomic mass is 32.2. The van der Waals surface area contributed by atoms with Crippen LogP contribution in [-0.4, -0.2) is 30.1 Å². The number of rotatable bonds is 3. The summed E-state index contributed by atoms with van der Waals surface area (Å²) in [5.41, 5.74) is 1.51. The van der Waals surface area contributed by atoms with E-state index in [2.05, 4.69) is 4.99 Å². The zero-order valence-corrected chi connectivity index (χ0v) is 14.0. The van der Waals surface area contributed by atoms with Gasteiger partial charge in [-0.25, -0.2) is 9.38 Å². The van der Waals surface area contributed by atoms with Gasteiger partial charge in [0, 0.05) is 7.05 Å². The SMILES string of the molecule is COc1ccc(/C=C2\SC(=Nc3ccc(F)cc3)N(C)C2=O)cc1. The number of thioether (sulfide) groups is 1. The maximum Gasteiger partial charge on any atom is 0.266 e. The van der Waals surface area contributed by atoms with Crippen LogP contribution in [0.15, 0.2) is 58.4 Å². The summed E-state index contributed by atoms with van der Waals surface area (Å²) in [6.07, 6.45) is 1.82. The zero-order valence-electron chi connectivity index (χ0n) is 13.2. The van der Waals surface area contributed by atoms with Crippen LogP contribution in [0, 0.1) is 5.82 Å². The Labute approximate surface area is 143 Å². The summed E-state index contributed by atoms with van der Waals surface area (Å²) >= 11 is 1.29. The molecule has 0 aliphatic carbocycles. The molecule has 1 amide bonds. The summed E-state index contributed by atoms with van der Waals surface area (Å²) < 4.78 is 18.1. The highest BCUT2D eigenvalue weighted by Gasteiger charge is 2.30. The smallest absolute Gasteiger partial charge is 0.266 e. The van der Waals surface area contributed by atoms with E-state index in [1.54, 1.807) is 26.3 Å². The maximum atomic E-state index is 13.0. The van der Waals surface area contributed by atoms with Crippen LogP contribution in [0.2, 0.25) is 0 Å². The van der Waals surface area contributed by atoms with Gasteiger partial charge < -0.3 is 4.74 Å². The average Bonchev–Trinajstić information content (AvgIpc) is 2.86. The van der Waals surface area contributed by atoms with Crippen molar-refractivity contribution in [2.45, 2.75) is 0 Å². The van der Waals surface area contributed by atoms with Crippen LogP contribution >= 0.6 is 11.8 Å². The Bertz CT molecular complexity index is 814. The number of carbonyl (C=O) groups excluding carboxylic acids is 1. The summed E-state index contributed by atoms with van der Waals surface area (Å²) in [5, 5.41) is 0.561. The molecule has 2 aromatic rings. The fourth-order valence-electron chi connectivity index (χ4n) is 2.13. The van der Waals surface area contributed by atoms with E-state index in [1.165, 1.54) is 28.8 Å². The number of nitrogens with zero attached hydrogens (tertiary/aromatic N) is 2. The van der Waals surface area contributed by atoms with Crippen LogP contribution in [0.3, 0.4) is 0 Å². The number of hydrogen-bond acceptors (Lipinski definition) is 4. The molecule has 6 heteroatoms. The largest absolute Gasteiger partial charge is 0.497 e. The van der Waals surface area contributed by atoms with Crippen molar-refractivity contribution >= 4 is 34.6 Å². The van der Waals surface area contributed by atoms with Crippen molar-refractivity contribution in [1.82, 2.24) is 4.90 Å². The predicted octanol–water partition coefficient (Wildman–Crippen LogP) is 4.07. The minimum atomic E-state index is -0.317. The zero-order chi connectivity index (χ0) is 17.1. The number of ether oxygens (including phenoxy) is 1. The number of benzene rings is 2. The highest BCUT2D eigenvalue weighted by Crippen LogP contribution is 2.33. The number of likely N-dealkylation sites (N-methyl/N-ethyl adjacent to an activating group) is 1. The van der Waals surface area contributed by atoms with Crippen LogP contribution in [0.1, 0.15) is 5.56 Å². The number of amides is 1. The molecule has 0 N–H and O–H groups in total. The van der Waals surface area contributed by atoms with E-state index in [9.17, 15) is 9.18 Å². The normalized spacial score (nSPS) is 17.8. The number of carbonyl (C=O) groups is 1. The molecule has 1 heterocycles. The van der Waals surface area contributed by atoms with Gasteiger partial charge in [0.25, 0.3) is 5.91 Å². The Morgan fingerprint density at radius 3 is 2.42 bits per heavy atom. The molecule has 0 atom stereocenters. The molecule has 24 heavy (non-hydrogen) atoms. The molecule has 0 unspecified atom stereocenters. The molecule has 2 aromatic carbocycles. The molecule has 4 nitrogen and oxygen atoms in total.